The maximum absolute atomic E-state index is 12.1. The number of unbranched alkanes of at least 4 members (excludes halogenated alkanes) is 3. The van der Waals surface area contributed by atoms with Gasteiger partial charge in [0.1, 0.15) is 24.3 Å². The summed E-state index contributed by atoms with van der Waals surface area (Å²) in [5.41, 5.74) is 3.76. The van der Waals surface area contributed by atoms with Gasteiger partial charge in [-0.25, -0.2) is 4.98 Å². The van der Waals surface area contributed by atoms with Gasteiger partial charge in [-0.3, -0.25) is 9.78 Å². The highest BCUT2D eigenvalue weighted by molar-refractivity contribution is 5.94. The molecule has 10 nitrogen and oxygen atoms in total. The maximum Gasteiger partial charge on any atom is 0.252 e. The van der Waals surface area contributed by atoms with E-state index in [9.17, 15) is 9.90 Å². The molecule has 2 heterocycles. The highest BCUT2D eigenvalue weighted by Crippen LogP contribution is 2.30. The van der Waals surface area contributed by atoms with Crippen LogP contribution in [0.3, 0.4) is 0 Å². The van der Waals surface area contributed by atoms with E-state index in [1.165, 1.54) is 6.21 Å². The minimum atomic E-state index is -0.600. The first-order chi connectivity index (χ1) is 19.9. The molecule has 0 saturated carbocycles. The maximum atomic E-state index is 12.1. The van der Waals surface area contributed by atoms with Crippen LogP contribution in [0, 0.1) is 5.41 Å². The SMILES string of the molecule is CNCC(O)COc1cccc(-c2cc(NCCCCCCNC(=O)c3cccnc3)c(C=N)c(NC(C)C)n2)c1. The lowest BCUT2D eigenvalue weighted by atomic mass is 10.1. The average Bonchev–Trinajstić information content (AvgIpc) is 2.97. The van der Waals surface area contributed by atoms with Gasteiger partial charge in [0, 0.05) is 55.5 Å². The van der Waals surface area contributed by atoms with Crippen LogP contribution >= 0.6 is 0 Å². The third-order valence-corrected chi connectivity index (χ3v) is 6.27. The Bertz CT molecular complexity index is 1240. The summed E-state index contributed by atoms with van der Waals surface area (Å²) in [6.45, 7) is 6.11. The second-order valence-electron chi connectivity index (χ2n) is 10.1. The van der Waals surface area contributed by atoms with Crippen molar-refractivity contribution in [3.8, 4) is 17.0 Å². The van der Waals surface area contributed by atoms with E-state index in [-0.39, 0.29) is 18.6 Å². The molecule has 0 aliphatic carbocycles. The van der Waals surface area contributed by atoms with Gasteiger partial charge in [-0.05, 0) is 64.1 Å². The zero-order chi connectivity index (χ0) is 29.5. The smallest absolute Gasteiger partial charge is 0.252 e. The fourth-order valence-electron chi connectivity index (χ4n) is 4.24. The molecule has 0 bridgehead atoms. The lowest BCUT2D eigenvalue weighted by molar-refractivity contribution is 0.0952. The molecule has 0 spiro atoms. The Kier molecular flexibility index (Phi) is 13.0. The molecular formula is C31H43N7O3. The monoisotopic (exact) mass is 561 g/mol. The number of amides is 1. The Morgan fingerprint density at radius 1 is 1.10 bits per heavy atom. The average molecular weight is 562 g/mol. The molecule has 220 valence electrons. The summed E-state index contributed by atoms with van der Waals surface area (Å²) < 4.78 is 5.80. The van der Waals surface area contributed by atoms with Crippen LogP contribution in [0.2, 0.25) is 0 Å². The van der Waals surface area contributed by atoms with Gasteiger partial charge < -0.3 is 36.5 Å². The summed E-state index contributed by atoms with van der Waals surface area (Å²) in [7, 11) is 1.79. The van der Waals surface area contributed by atoms with Crippen LogP contribution in [0.1, 0.15) is 55.5 Å². The summed E-state index contributed by atoms with van der Waals surface area (Å²) in [4.78, 5) is 20.9. The second kappa shape index (κ2) is 16.9. The number of aliphatic hydroxyl groups excluding tert-OH is 1. The Hall–Kier alpha value is -4.02. The first-order valence-electron chi connectivity index (χ1n) is 14.2. The Morgan fingerprint density at radius 3 is 2.61 bits per heavy atom. The predicted octanol–water partition coefficient (Wildman–Crippen LogP) is 4.32. The normalized spacial score (nSPS) is 11.6. The van der Waals surface area contributed by atoms with Crippen LogP contribution in [-0.4, -0.2) is 72.6 Å². The van der Waals surface area contributed by atoms with E-state index in [0.717, 1.165) is 49.2 Å². The van der Waals surface area contributed by atoms with Crippen molar-refractivity contribution in [1.82, 2.24) is 20.6 Å². The van der Waals surface area contributed by atoms with Crippen molar-refractivity contribution in [2.24, 2.45) is 0 Å². The highest BCUT2D eigenvalue weighted by Gasteiger charge is 2.14. The number of aliphatic hydroxyl groups is 1. The van der Waals surface area contributed by atoms with Crippen LogP contribution in [0.25, 0.3) is 11.3 Å². The third kappa shape index (κ3) is 10.5. The van der Waals surface area contributed by atoms with E-state index in [2.05, 4.69) is 26.3 Å². The molecule has 3 rings (SSSR count). The van der Waals surface area contributed by atoms with Crippen LogP contribution in [0.4, 0.5) is 11.5 Å². The number of likely N-dealkylation sites (N-methyl/N-ethyl adjacent to an activating group) is 1. The molecule has 6 N–H and O–H groups in total. The number of rotatable bonds is 18. The van der Waals surface area contributed by atoms with Crippen molar-refractivity contribution in [2.45, 2.75) is 51.7 Å². The fraction of sp³-hybridized carbons (Fsp3) is 0.419. The van der Waals surface area contributed by atoms with E-state index in [1.54, 1.807) is 31.6 Å². The first kappa shape index (κ1) is 31.5. The summed E-state index contributed by atoms with van der Waals surface area (Å²) >= 11 is 0. The number of hydrogen-bond donors (Lipinski definition) is 6. The Labute approximate surface area is 242 Å². The quantitative estimate of drug-likeness (QED) is 0.0995. The second-order valence-corrected chi connectivity index (χ2v) is 10.1. The molecule has 1 unspecified atom stereocenters. The number of aromatic nitrogens is 2. The van der Waals surface area contributed by atoms with Crippen LogP contribution in [0.15, 0.2) is 54.9 Å². The van der Waals surface area contributed by atoms with Gasteiger partial charge in [-0.2, -0.15) is 0 Å². The molecule has 1 aromatic carbocycles. The van der Waals surface area contributed by atoms with Crippen molar-refractivity contribution in [3.05, 3.63) is 66.0 Å². The largest absolute Gasteiger partial charge is 0.491 e. The number of carbonyl (C=O) groups is 1. The standard InChI is InChI=1S/C31H43N7O3/c1-22(2)37-30-27(18-32)29(35-14-6-4-5-7-15-36-31(40)24-11-9-13-34-19-24)17-28(38-30)23-10-8-12-26(16-23)41-21-25(39)20-33-3/h8-13,16-19,22,25,32-33,39H,4-7,14-15,20-21H2,1-3H3,(H,36,40)(H2,35,37,38). The zero-order valence-corrected chi connectivity index (χ0v) is 24.2. The molecule has 0 aliphatic rings. The van der Waals surface area contributed by atoms with Crippen molar-refractivity contribution >= 4 is 23.6 Å². The number of nitrogens with zero attached hydrogens (tertiary/aromatic N) is 2. The number of pyridine rings is 2. The van der Waals surface area contributed by atoms with E-state index < -0.39 is 6.10 Å². The number of nitrogens with one attached hydrogen (secondary N) is 5. The molecule has 3 aromatic rings. The molecule has 0 saturated heterocycles. The van der Waals surface area contributed by atoms with E-state index in [1.807, 2.05) is 44.2 Å². The molecule has 1 amide bonds. The Morgan fingerprint density at radius 2 is 1.90 bits per heavy atom. The van der Waals surface area contributed by atoms with Gasteiger partial charge >= 0.3 is 0 Å². The van der Waals surface area contributed by atoms with Gasteiger partial charge in [0.15, 0.2) is 0 Å². The predicted molar refractivity (Wildman–Crippen MR) is 165 cm³/mol. The van der Waals surface area contributed by atoms with Crippen molar-refractivity contribution in [1.29, 1.82) is 5.41 Å². The number of benzene rings is 1. The van der Waals surface area contributed by atoms with Gasteiger partial charge in [0.05, 0.1) is 16.8 Å². The summed E-state index contributed by atoms with van der Waals surface area (Å²) in [6, 6.07) is 13.3. The van der Waals surface area contributed by atoms with Crippen LogP contribution < -0.4 is 26.0 Å². The van der Waals surface area contributed by atoms with Gasteiger partial charge in [0.25, 0.3) is 5.91 Å². The minimum Gasteiger partial charge on any atom is -0.491 e. The van der Waals surface area contributed by atoms with Crippen molar-refractivity contribution in [2.75, 3.05) is 43.9 Å². The van der Waals surface area contributed by atoms with Crippen molar-refractivity contribution < 1.29 is 14.6 Å². The van der Waals surface area contributed by atoms with Gasteiger partial charge in [0.2, 0.25) is 0 Å². The third-order valence-electron chi connectivity index (χ3n) is 6.27. The highest BCUT2D eigenvalue weighted by atomic mass is 16.5. The van der Waals surface area contributed by atoms with Crippen LogP contribution in [0.5, 0.6) is 5.75 Å². The minimum absolute atomic E-state index is 0.0956. The zero-order valence-electron chi connectivity index (χ0n) is 24.2. The summed E-state index contributed by atoms with van der Waals surface area (Å²) in [5.74, 6) is 1.21. The van der Waals surface area contributed by atoms with Gasteiger partial charge in [-0.15, -0.1) is 0 Å². The number of ether oxygens (including phenoxy) is 1. The lowest BCUT2D eigenvalue weighted by Gasteiger charge is -2.18. The molecule has 1 atom stereocenters. The van der Waals surface area contributed by atoms with E-state index >= 15 is 0 Å². The summed E-state index contributed by atoms with van der Waals surface area (Å²) in [6.07, 6.45) is 7.83. The number of hydrogen-bond acceptors (Lipinski definition) is 9. The topological polar surface area (TPSA) is 144 Å². The molecule has 10 heteroatoms. The molecule has 0 aliphatic heterocycles. The lowest BCUT2D eigenvalue weighted by Crippen LogP contribution is -2.29. The van der Waals surface area contributed by atoms with Crippen molar-refractivity contribution in [3.63, 3.8) is 0 Å². The molecular weight excluding hydrogens is 518 g/mol. The van der Waals surface area contributed by atoms with E-state index in [0.29, 0.717) is 35.8 Å². The van der Waals surface area contributed by atoms with Gasteiger partial charge in [-0.1, -0.05) is 25.0 Å². The molecule has 2 aromatic heterocycles. The number of anilines is 2. The Balaban J connectivity index is 1.59. The fourth-order valence-corrected chi connectivity index (χ4v) is 4.24. The summed E-state index contributed by atoms with van der Waals surface area (Å²) in [5, 5.41) is 30.8. The molecule has 0 fully saturated rings. The molecule has 0 radical (unpaired) electrons. The van der Waals surface area contributed by atoms with Crippen LogP contribution in [-0.2, 0) is 0 Å². The molecule has 41 heavy (non-hydrogen) atoms. The first-order valence-corrected chi connectivity index (χ1v) is 14.2. The van der Waals surface area contributed by atoms with E-state index in [4.69, 9.17) is 15.1 Å². The number of carbonyl (C=O) groups excluding carboxylic acids is 1.